The van der Waals surface area contributed by atoms with Crippen LogP contribution >= 0.6 is 0 Å². The lowest BCUT2D eigenvalue weighted by Crippen LogP contribution is -2.20. The van der Waals surface area contributed by atoms with Crippen LogP contribution in [0.1, 0.15) is 17.3 Å². The molecule has 0 aliphatic rings. The zero-order valence-corrected chi connectivity index (χ0v) is 9.82. The number of hydrogen-bond donors (Lipinski definition) is 1. The Morgan fingerprint density at radius 1 is 1.31 bits per heavy atom. The van der Waals surface area contributed by atoms with Gasteiger partial charge in [0.15, 0.2) is 0 Å². The third kappa shape index (κ3) is 3.55. The van der Waals surface area contributed by atoms with Crippen LogP contribution in [0.4, 0.5) is 5.69 Å². The van der Waals surface area contributed by atoms with Crippen molar-refractivity contribution in [2.75, 3.05) is 26.1 Å². The van der Waals surface area contributed by atoms with E-state index < -0.39 is 0 Å². The topological polar surface area (TPSA) is 47.6 Å². The molecular weight excluding hydrogens is 206 g/mol. The minimum absolute atomic E-state index is 0.231. The SMILES string of the molecule is COCC(C)Nc1ccc(C(=O)OC)cc1. The molecule has 0 aliphatic heterocycles. The summed E-state index contributed by atoms with van der Waals surface area (Å²) in [6.45, 7) is 2.66. The second kappa shape index (κ2) is 6.12. The van der Waals surface area contributed by atoms with Crippen LogP contribution in [-0.4, -0.2) is 32.8 Å². The second-order valence-corrected chi connectivity index (χ2v) is 3.57. The highest BCUT2D eigenvalue weighted by Crippen LogP contribution is 2.11. The molecule has 4 nitrogen and oxygen atoms in total. The van der Waals surface area contributed by atoms with E-state index in [0.29, 0.717) is 12.2 Å². The minimum Gasteiger partial charge on any atom is -0.465 e. The van der Waals surface area contributed by atoms with Gasteiger partial charge in [-0.25, -0.2) is 4.79 Å². The van der Waals surface area contributed by atoms with E-state index in [1.807, 2.05) is 19.1 Å². The molecule has 16 heavy (non-hydrogen) atoms. The minimum atomic E-state index is -0.323. The van der Waals surface area contributed by atoms with Crippen molar-refractivity contribution in [3.8, 4) is 0 Å². The number of hydrogen-bond acceptors (Lipinski definition) is 4. The first-order chi connectivity index (χ1) is 7.67. The van der Waals surface area contributed by atoms with Gasteiger partial charge in [-0.3, -0.25) is 0 Å². The van der Waals surface area contributed by atoms with Crippen LogP contribution in [0.25, 0.3) is 0 Å². The lowest BCUT2D eigenvalue weighted by atomic mass is 10.2. The van der Waals surface area contributed by atoms with E-state index in [1.54, 1.807) is 19.2 Å². The molecule has 1 aromatic carbocycles. The van der Waals surface area contributed by atoms with Crippen LogP contribution in [0.15, 0.2) is 24.3 Å². The van der Waals surface area contributed by atoms with E-state index in [4.69, 9.17) is 4.74 Å². The van der Waals surface area contributed by atoms with Crippen LogP contribution < -0.4 is 5.32 Å². The summed E-state index contributed by atoms with van der Waals surface area (Å²) in [6, 6.07) is 7.38. The number of nitrogens with one attached hydrogen (secondary N) is 1. The molecule has 1 atom stereocenters. The lowest BCUT2D eigenvalue weighted by Gasteiger charge is -2.14. The molecule has 0 fully saturated rings. The first kappa shape index (κ1) is 12.5. The Kier molecular flexibility index (Phi) is 4.79. The number of methoxy groups -OCH3 is 2. The molecule has 0 amide bonds. The first-order valence-corrected chi connectivity index (χ1v) is 5.11. The van der Waals surface area contributed by atoms with Crippen LogP contribution in [0.3, 0.4) is 0 Å². The molecule has 0 bridgehead atoms. The monoisotopic (exact) mass is 223 g/mol. The van der Waals surface area contributed by atoms with Crippen LogP contribution in [0.5, 0.6) is 0 Å². The van der Waals surface area contributed by atoms with E-state index in [-0.39, 0.29) is 12.0 Å². The molecule has 88 valence electrons. The molecule has 0 saturated heterocycles. The van der Waals surface area contributed by atoms with E-state index in [0.717, 1.165) is 5.69 Å². The van der Waals surface area contributed by atoms with Gasteiger partial charge in [0.2, 0.25) is 0 Å². The Morgan fingerprint density at radius 3 is 2.44 bits per heavy atom. The molecule has 0 aromatic heterocycles. The number of carbonyl (C=O) groups is 1. The molecule has 0 heterocycles. The van der Waals surface area contributed by atoms with Crippen molar-refractivity contribution in [1.82, 2.24) is 0 Å². The van der Waals surface area contributed by atoms with Gasteiger partial charge >= 0.3 is 5.97 Å². The summed E-state index contributed by atoms with van der Waals surface area (Å²) in [5.74, 6) is -0.323. The average molecular weight is 223 g/mol. The zero-order chi connectivity index (χ0) is 12.0. The van der Waals surface area contributed by atoms with Gasteiger partial charge < -0.3 is 14.8 Å². The highest BCUT2D eigenvalue weighted by molar-refractivity contribution is 5.89. The normalized spacial score (nSPS) is 11.9. The highest BCUT2D eigenvalue weighted by Gasteiger charge is 2.05. The maximum absolute atomic E-state index is 11.2. The number of carbonyl (C=O) groups excluding carboxylic acids is 1. The zero-order valence-electron chi connectivity index (χ0n) is 9.82. The van der Waals surface area contributed by atoms with Gasteiger partial charge in [0.25, 0.3) is 0 Å². The fourth-order valence-electron chi connectivity index (χ4n) is 1.40. The van der Waals surface area contributed by atoms with Crippen molar-refractivity contribution in [2.45, 2.75) is 13.0 Å². The fourth-order valence-corrected chi connectivity index (χ4v) is 1.40. The summed E-state index contributed by atoms with van der Waals surface area (Å²) in [6.07, 6.45) is 0. The van der Waals surface area contributed by atoms with Crippen molar-refractivity contribution >= 4 is 11.7 Å². The standard InChI is InChI=1S/C12H17NO3/c1-9(8-15-2)13-11-6-4-10(5-7-11)12(14)16-3/h4-7,9,13H,8H2,1-3H3. The predicted octanol–water partition coefficient (Wildman–Crippen LogP) is 1.92. The van der Waals surface area contributed by atoms with Crippen molar-refractivity contribution in [3.63, 3.8) is 0 Å². The maximum Gasteiger partial charge on any atom is 0.337 e. The first-order valence-electron chi connectivity index (χ1n) is 5.11. The lowest BCUT2D eigenvalue weighted by molar-refractivity contribution is 0.0601. The smallest absolute Gasteiger partial charge is 0.337 e. The van der Waals surface area contributed by atoms with E-state index >= 15 is 0 Å². The van der Waals surface area contributed by atoms with Crippen molar-refractivity contribution < 1.29 is 14.3 Å². The Labute approximate surface area is 95.6 Å². The van der Waals surface area contributed by atoms with Crippen LogP contribution in [-0.2, 0) is 9.47 Å². The highest BCUT2D eigenvalue weighted by atomic mass is 16.5. The molecule has 0 aliphatic carbocycles. The third-order valence-electron chi connectivity index (χ3n) is 2.14. The molecular formula is C12H17NO3. The van der Waals surface area contributed by atoms with Gasteiger partial charge in [-0.1, -0.05) is 0 Å². The van der Waals surface area contributed by atoms with Crippen LogP contribution in [0, 0.1) is 0 Å². The quantitative estimate of drug-likeness (QED) is 0.775. The van der Waals surface area contributed by atoms with Gasteiger partial charge in [0, 0.05) is 18.8 Å². The van der Waals surface area contributed by atoms with E-state index in [2.05, 4.69) is 10.1 Å². The number of benzene rings is 1. The summed E-state index contributed by atoms with van der Waals surface area (Å²) < 4.78 is 9.64. The number of rotatable bonds is 5. The maximum atomic E-state index is 11.2. The Balaban J connectivity index is 2.61. The van der Waals surface area contributed by atoms with Gasteiger partial charge in [-0.15, -0.1) is 0 Å². The largest absolute Gasteiger partial charge is 0.465 e. The fraction of sp³-hybridized carbons (Fsp3) is 0.417. The van der Waals surface area contributed by atoms with Gasteiger partial charge in [0.1, 0.15) is 0 Å². The molecule has 0 saturated carbocycles. The number of anilines is 1. The third-order valence-corrected chi connectivity index (χ3v) is 2.14. The van der Waals surface area contributed by atoms with Crippen molar-refractivity contribution in [3.05, 3.63) is 29.8 Å². The Bertz CT molecular complexity index is 335. The van der Waals surface area contributed by atoms with Gasteiger partial charge in [-0.05, 0) is 31.2 Å². The Morgan fingerprint density at radius 2 is 1.94 bits per heavy atom. The van der Waals surface area contributed by atoms with E-state index in [1.165, 1.54) is 7.11 Å². The van der Waals surface area contributed by atoms with Gasteiger partial charge in [0.05, 0.1) is 19.3 Å². The summed E-state index contributed by atoms with van der Waals surface area (Å²) >= 11 is 0. The van der Waals surface area contributed by atoms with Crippen molar-refractivity contribution in [1.29, 1.82) is 0 Å². The predicted molar refractivity (Wildman–Crippen MR) is 62.7 cm³/mol. The molecule has 0 radical (unpaired) electrons. The molecule has 4 heteroatoms. The summed E-state index contributed by atoms with van der Waals surface area (Å²) in [5.41, 5.74) is 1.50. The molecule has 1 aromatic rings. The summed E-state index contributed by atoms with van der Waals surface area (Å²) in [5, 5.41) is 3.25. The average Bonchev–Trinajstić information content (AvgIpc) is 2.29. The Hall–Kier alpha value is -1.55. The molecule has 1 rings (SSSR count). The summed E-state index contributed by atoms with van der Waals surface area (Å²) in [7, 11) is 3.04. The molecule has 1 unspecified atom stereocenters. The summed E-state index contributed by atoms with van der Waals surface area (Å²) in [4.78, 5) is 11.2. The van der Waals surface area contributed by atoms with Gasteiger partial charge in [-0.2, -0.15) is 0 Å². The molecule has 0 spiro atoms. The number of ether oxygens (including phenoxy) is 2. The van der Waals surface area contributed by atoms with Crippen molar-refractivity contribution in [2.24, 2.45) is 0 Å². The van der Waals surface area contributed by atoms with E-state index in [9.17, 15) is 4.79 Å². The number of esters is 1. The molecule has 1 N–H and O–H groups in total. The van der Waals surface area contributed by atoms with Crippen LogP contribution in [0.2, 0.25) is 0 Å². The second-order valence-electron chi connectivity index (χ2n) is 3.57.